The van der Waals surface area contributed by atoms with E-state index in [2.05, 4.69) is 21.0 Å². The largest absolute Gasteiger partial charge is 0.497 e. The summed E-state index contributed by atoms with van der Waals surface area (Å²) in [5.41, 5.74) is -2.19. The third-order valence-electron chi connectivity index (χ3n) is 7.84. The highest BCUT2D eigenvalue weighted by molar-refractivity contribution is 7.90. The molecule has 276 valence electrons. The van der Waals surface area contributed by atoms with E-state index in [0.717, 1.165) is 24.0 Å². The maximum Gasteiger partial charge on any atom is 0.435 e. The molecule has 0 radical (unpaired) electrons. The molecule has 53 heavy (non-hydrogen) atoms. The summed E-state index contributed by atoms with van der Waals surface area (Å²) in [6.07, 6.45) is -4.04. The van der Waals surface area contributed by atoms with Crippen LogP contribution < -0.4 is 20.7 Å². The van der Waals surface area contributed by atoms with Gasteiger partial charge in [0.2, 0.25) is 5.91 Å². The van der Waals surface area contributed by atoms with Crippen LogP contribution in [0.1, 0.15) is 39.0 Å². The molecule has 0 aliphatic heterocycles. The SMILES string of the molecule is COc1ccc(-n2nc(C(F)(F)F)cc2C(=O)Nc2ccc(-c3ccccc3S(C)(=O)=O)cc2F)c(C(=O)N[C@@H](C)C(=O)NCc2ccc(Cl)cc2)c1. The number of ether oxygens (including phenoxy) is 1. The molecular formula is C36H30ClF4N5O6S. The molecule has 5 rings (SSSR count). The lowest BCUT2D eigenvalue weighted by molar-refractivity contribution is -0.141. The highest BCUT2D eigenvalue weighted by atomic mass is 35.5. The van der Waals surface area contributed by atoms with Crippen LogP contribution in [-0.2, 0) is 27.4 Å². The van der Waals surface area contributed by atoms with Crippen molar-refractivity contribution < 1.29 is 45.1 Å². The summed E-state index contributed by atoms with van der Waals surface area (Å²) in [5.74, 6) is -3.63. The number of nitrogens with one attached hydrogen (secondary N) is 3. The van der Waals surface area contributed by atoms with E-state index in [4.69, 9.17) is 16.3 Å². The fourth-order valence-electron chi connectivity index (χ4n) is 5.16. The van der Waals surface area contributed by atoms with Crippen molar-refractivity contribution in [2.24, 2.45) is 0 Å². The second-order valence-electron chi connectivity index (χ2n) is 11.7. The normalized spacial score (nSPS) is 12.2. The van der Waals surface area contributed by atoms with E-state index >= 15 is 4.39 Å². The minimum absolute atomic E-state index is 0.0629. The third kappa shape index (κ3) is 9.02. The quantitative estimate of drug-likeness (QED) is 0.131. The molecule has 11 nitrogen and oxygen atoms in total. The summed E-state index contributed by atoms with van der Waals surface area (Å²) < 4.78 is 87.6. The molecule has 0 bridgehead atoms. The van der Waals surface area contributed by atoms with Crippen LogP contribution in [0.2, 0.25) is 5.02 Å². The number of amides is 3. The van der Waals surface area contributed by atoms with Gasteiger partial charge in [-0.15, -0.1) is 0 Å². The Morgan fingerprint density at radius 3 is 2.28 bits per heavy atom. The Hall–Kier alpha value is -5.74. The van der Waals surface area contributed by atoms with Crippen molar-refractivity contribution in [3.05, 3.63) is 124 Å². The van der Waals surface area contributed by atoms with Gasteiger partial charge < -0.3 is 20.7 Å². The fraction of sp³-hybridized carbons (Fsp3) is 0.167. The third-order valence-corrected chi connectivity index (χ3v) is 9.25. The monoisotopic (exact) mass is 771 g/mol. The van der Waals surface area contributed by atoms with Crippen LogP contribution in [0.25, 0.3) is 16.8 Å². The number of carbonyl (C=O) groups excluding carboxylic acids is 3. The second kappa shape index (κ2) is 15.5. The summed E-state index contributed by atoms with van der Waals surface area (Å²) in [5, 5.41) is 11.5. The molecule has 3 amide bonds. The first kappa shape index (κ1) is 38.5. The molecule has 0 spiro atoms. The van der Waals surface area contributed by atoms with Crippen LogP contribution in [0.4, 0.5) is 23.2 Å². The van der Waals surface area contributed by atoms with Gasteiger partial charge in [0.15, 0.2) is 15.5 Å². The van der Waals surface area contributed by atoms with E-state index in [-0.39, 0.29) is 39.6 Å². The van der Waals surface area contributed by atoms with Crippen molar-refractivity contribution in [2.75, 3.05) is 18.7 Å². The number of hydrogen-bond acceptors (Lipinski definition) is 7. The Labute approximate surface area is 305 Å². The summed E-state index contributed by atoms with van der Waals surface area (Å²) in [7, 11) is -2.40. The Kier molecular flexibility index (Phi) is 11.2. The van der Waals surface area contributed by atoms with Gasteiger partial charge in [-0.05, 0) is 66.6 Å². The van der Waals surface area contributed by atoms with Gasteiger partial charge in [-0.2, -0.15) is 18.3 Å². The number of rotatable bonds is 11. The number of hydrogen-bond donors (Lipinski definition) is 3. The van der Waals surface area contributed by atoms with Gasteiger partial charge in [0, 0.05) is 29.5 Å². The first-order chi connectivity index (χ1) is 25.0. The molecule has 0 unspecified atom stereocenters. The van der Waals surface area contributed by atoms with Crippen LogP contribution in [0.3, 0.4) is 0 Å². The molecule has 3 N–H and O–H groups in total. The maximum absolute atomic E-state index is 15.4. The zero-order chi connectivity index (χ0) is 38.7. The first-order valence-electron chi connectivity index (χ1n) is 15.6. The van der Waals surface area contributed by atoms with Gasteiger partial charge in [0.1, 0.15) is 23.3 Å². The highest BCUT2D eigenvalue weighted by Gasteiger charge is 2.37. The Balaban J connectivity index is 1.45. The molecule has 17 heteroatoms. The van der Waals surface area contributed by atoms with E-state index < -0.39 is 62.7 Å². The summed E-state index contributed by atoms with van der Waals surface area (Å²) >= 11 is 5.89. The average Bonchev–Trinajstić information content (AvgIpc) is 3.58. The number of carbonyl (C=O) groups is 3. The molecule has 0 saturated heterocycles. The van der Waals surface area contributed by atoms with Crippen molar-refractivity contribution >= 4 is 44.8 Å². The maximum atomic E-state index is 15.4. The van der Waals surface area contributed by atoms with E-state index in [1.54, 1.807) is 30.3 Å². The molecule has 0 fully saturated rings. The Morgan fingerprint density at radius 2 is 1.64 bits per heavy atom. The molecule has 1 atom stereocenters. The number of benzene rings is 4. The summed E-state index contributed by atoms with van der Waals surface area (Å²) in [6.45, 7) is 1.51. The predicted molar refractivity (Wildman–Crippen MR) is 188 cm³/mol. The molecule has 4 aromatic carbocycles. The number of methoxy groups -OCH3 is 1. The molecular weight excluding hydrogens is 742 g/mol. The van der Waals surface area contributed by atoms with Crippen LogP contribution >= 0.6 is 11.6 Å². The number of aromatic nitrogens is 2. The standard InChI is InChI=1S/C36H30ClF4N5O6S/c1-20(33(47)42-19-21-8-11-23(37)12-9-21)43-34(48)26-17-24(52-2)13-15-29(26)46-30(18-32(45-46)36(39,40)41)35(49)44-28-14-10-22(16-27(28)38)25-6-4-5-7-31(25)53(3,50)51/h4-18,20H,19H2,1-3H3,(H,42,47)(H,43,48)(H,44,49)/t20-/m0/s1. The molecule has 0 saturated carbocycles. The number of anilines is 1. The summed E-state index contributed by atoms with van der Waals surface area (Å²) in [6, 6.07) is 19.0. The van der Waals surface area contributed by atoms with E-state index in [0.29, 0.717) is 15.8 Å². The smallest absolute Gasteiger partial charge is 0.435 e. The van der Waals surface area contributed by atoms with Crippen molar-refractivity contribution in [2.45, 2.75) is 30.6 Å². The van der Waals surface area contributed by atoms with Gasteiger partial charge in [0.25, 0.3) is 11.8 Å². The fourth-order valence-corrected chi connectivity index (χ4v) is 6.19. The molecule has 1 aromatic heterocycles. The number of halogens is 5. The predicted octanol–water partition coefficient (Wildman–Crippen LogP) is 6.45. The average molecular weight is 772 g/mol. The lowest BCUT2D eigenvalue weighted by atomic mass is 10.0. The van der Waals surface area contributed by atoms with Gasteiger partial charge in [0.05, 0.1) is 28.9 Å². The van der Waals surface area contributed by atoms with E-state index in [1.807, 2.05) is 0 Å². The number of nitrogens with zero attached hydrogens (tertiary/aromatic N) is 2. The van der Waals surface area contributed by atoms with Gasteiger partial charge in [-0.1, -0.05) is 48.0 Å². The lowest BCUT2D eigenvalue weighted by Crippen LogP contribution is -2.44. The van der Waals surface area contributed by atoms with Crippen LogP contribution in [0, 0.1) is 5.82 Å². The van der Waals surface area contributed by atoms with Crippen molar-refractivity contribution in [3.63, 3.8) is 0 Å². The summed E-state index contributed by atoms with van der Waals surface area (Å²) in [4.78, 5) is 39.9. The second-order valence-corrected chi connectivity index (χ2v) is 14.1. The van der Waals surface area contributed by atoms with Crippen LogP contribution in [0.5, 0.6) is 5.75 Å². The first-order valence-corrected chi connectivity index (χ1v) is 17.8. The highest BCUT2D eigenvalue weighted by Crippen LogP contribution is 2.33. The number of sulfone groups is 1. The van der Waals surface area contributed by atoms with E-state index in [1.165, 1.54) is 56.5 Å². The molecule has 0 aliphatic rings. The minimum Gasteiger partial charge on any atom is -0.497 e. The van der Waals surface area contributed by atoms with Crippen LogP contribution in [0.15, 0.2) is 95.9 Å². The van der Waals surface area contributed by atoms with Crippen molar-refractivity contribution in [3.8, 4) is 22.6 Å². The Bertz CT molecular complexity index is 2310. The van der Waals surface area contributed by atoms with Crippen molar-refractivity contribution in [1.29, 1.82) is 0 Å². The molecule has 5 aromatic rings. The van der Waals surface area contributed by atoms with Crippen LogP contribution in [-0.4, -0.2) is 55.3 Å². The minimum atomic E-state index is -5.04. The zero-order valence-corrected chi connectivity index (χ0v) is 29.7. The molecule has 1 heterocycles. The van der Waals surface area contributed by atoms with Crippen molar-refractivity contribution in [1.82, 2.24) is 20.4 Å². The molecule has 0 aliphatic carbocycles. The Morgan fingerprint density at radius 1 is 0.943 bits per heavy atom. The number of alkyl halides is 3. The topological polar surface area (TPSA) is 148 Å². The van der Waals surface area contributed by atoms with Gasteiger partial charge in [-0.3, -0.25) is 14.4 Å². The zero-order valence-electron chi connectivity index (χ0n) is 28.1. The van der Waals surface area contributed by atoms with E-state index in [9.17, 15) is 36.0 Å². The van der Waals surface area contributed by atoms with Gasteiger partial charge in [-0.25, -0.2) is 17.5 Å². The lowest BCUT2D eigenvalue weighted by Gasteiger charge is -2.17. The van der Waals surface area contributed by atoms with Gasteiger partial charge >= 0.3 is 6.18 Å².